The summed E-state index contributed by atoms with van der Waals surface area (Å²) >= 11 is 0. The molecule has 0 bridgehead atoms. The Morgan fingerprint density at radius 3 is 2.09 bits per heavy atom. The van der Waals surface area contributed by atoms with E-state index in [1.165, 1.54) is 44.8 Å². The molecule has 172 valence electrons. The Balaban J connectivity index is 1.48. The Bertz CT molecular complexity index is 1450. The number of hydrogen-bond acceptors (Lipinski definition) is 0. The Morgan fingerprint density at radius 2 is 1.31 bits per heavy atom. The van der Waals surface area contributed by atoms with Crippen LogP contribution in [0.15, 0.2) is 122 Å². The molecule has 1 atom stereocenters. The van der Waals surface area contributed by atoms with Crippen LogP contribution in [0.25, 0.3) is 33.6 Å². The van der Waals surface area contributed by atoms with Gasteiger partial charge in [0.2, 0.25) is 11.4 Å². The maximum absolute atomic E-state index is 2.40. The number of rotatable bonds is 6. The third-order valence-corrected chi connectivity index (χ3v) is 6.84. The normalized spacial score (nSPS) is 11.9. The molecule has 0 N–H and O–H groups in total. The number of nitrogens with zero attached hydrogens (tertiary/aromatic N) is 2. The lowest BCUT2D eigenvalue weighted by Gasteiger charge is -2.15. The number of pyridine rings is 2. The molecule has 0 aliphatic heterocycles. The van der Waals surface area contributed by atoms with E-state index in [2.05, 4.69) is 152 Å². The summed E-state index contributed by atoms with van der Waals surface area (Å²) in [6.45, 7) is 5.45. The fraction of sp³-hybridized carbons (Fsp3) is 0.152. The summed E-state index contributed by atoms with van der Waals surface area (Å²) in [5.74, 6) is 0.349. The summed E-state index contributed by atoms with van der Waals surface area (Å²) < 4.78 is 4.60. The zero-order chi connectivity index (χ0) is 24.2. The van der Waals surface area contributed by atoms with Gasteiger partial charge < -0.3 is 0 Å². The van der Waals surface area contributed by atoms with E-state index >= 15 is 0 Å². The minimum Gasteiger partial charge on any atom is -0.201 e. The Kier molecular flexibility index (Phi) is 6.54. The molecular formula is C33H32N2+2. The monoisotopic (exact) mass is 456 g/mol. The highest BCUT2D eigenvalue weighted by molar-refractivity contribution is 5.71. The van der Waals surface area contributed by atoms with Crippen molar-refractivity contribution in [3.8, 4) is 33.6 Å². The Hall–Kier alpha value is -4.04. The van der Waals surface area contributed by atoms with Gasteiger partial charge in [-0.25, -0.2) is 4.57 Å². The quantitative estimate of drug-likeness (QED) is 0.245. The topological polar surface area (TPSA) is 7.76 Å². The van der Waals surface area contributed by atoms with Crippen LogP contribution in [-0.2, 0) is 13.6 Å². The van der Waals surface area contributed by atoms with Gasteiger partial charge >= 0.3 is 0 Å². The van der Waals surface area contributed by atoms with Crippen LogP contribution in [0.1, 0.15) is 24.0 Å². The van der Waals surface area contributed by atoms with Gasteiger partial charge in [0.1, 0.15) is 7.05 Å². The maximum Gasteiger partial charge on any atom is 0.212 e. The van der Waals surface area contributed by atoms with Crippen LogP contribution in [0.2, 0.25) is 0 Å². The predicted octanol–water partition coefficient (Wildman–Crippen LogP) is 6.91. The molecule has 5 rings (SSSR count). The van der Waals surface area contributed by atoms with Crippen LogP contribution in [0, 0.1) is 6.92 Å². The van der Waals surface area contributed by atoms with Gasteiger partial charge in [0.15, 0.2) is 18.9 Å². The summed E-state index contributed by atoms with van der Waals surface area (Å²) in [4.78, 5) is 0. The van der Waals surface area contributed by atoms with Crippen molar-refractivity contribution in [2.24, 2.45) is 7.05 Å². The first-order valence-electron chi connectivity index (χ1n) is 12.3. The average molecular weight is 457 g/mol. The first-order chi connectivity index (χ1) is 17.1. The highest BCUT2D eigenvalue weighted by Gasteiger charge is 2.22. The van der Waals surface area contributed by atoms with Crippen molar-refractivity contribution in [3.05, 3.63) is 133 Å². The minimum absolute atomic E-state index is 0.349. The molecule has 0 saturated carbocycles. The fourth-order valence-electron chi connectivity index (χ4n) is 5.00. The van der Waals surface area contributed by atoms with E-state index in [0.29, 0.717) is 5.92 Å². The van der Waals surface area contributed by atoms with E-state index in [1.54, 1.807) is 0 Å². The van der Waals surface area contributed by atoms with E-state index in [1.807, 2.05) is 0 Å². The molecule has 2 aromatic heterocycles. The largest absolute Gasteiger partial charge is 0.212 e. The maximum atomic E-state index is 2.40. The molecule has 0 radical (unpaired) electrons. The van der Waals surface area contributed by atoms with E-state index in [-0.39, 0.29) is 0 Å². The molecule has 2 nitrogen and oxygen atoms in total. The van der Waals surface area contributed by atoms with Gasteiger partial charge in [0, 0.05) is 41.3 Å². The van der Waals surface area contributed by atoms with E-state index in [4.69, 9.17) is 0 Å². The SMILES string of the molecule is Cc1cc(-c2ccccc2)ccc1-c1cccc[n+]1CC(C)c1ccccc1-c1cccc[n+]1C. The smallest absolute Gasteiger partial charge is 0.201 e. The first-order valence-corrected chi connectivity index (χ1v) is 12.3. The molecule has 1 unspecified atom stereocenters. The van der Waals surface area contributed by atoms with Crippen molar-refractivity contribution in [1.29, 1.82) is 0 Å². The van der Waals surface area contributed by atoms with Crippen LogP contribution in [0.5, 0.6) is 0 Å². The lowest BCUT2D eigenvalue weighted by molar-refractivity contribution is -0.688. The lowest BCUT2D eigenvalue weighted by Crippen LogP contribution is -2.38. The van der Waals surface area contributed by atoms with Crippen LogP contribution in [0.3, 0.4) is 0 Å². The third kappa shape index (κ3) is 4.79. The third-order valence-electron chi connectivity index (χ3n) is 6.84. The molecule has 0 aliphatic carbocycles. The van der Waals surface area contributed by atoms with E-state index in [0.717, 1.165) is 6.54 Å². The fourth-order valence-corrected chi connectivity index (χ4v) is 5.00. The molecule has 2 heteroatoms. The second-order valence-electron chi connectivity index (χ2n) is 9.32. The van der Waals surface area contributed by atoms with Crippen molar-refractivity contribution in [2.75, 3.05) is 0 Å². The number of hydrogen-bond donors (Lipinski definition) is 0. The molecule has 5 aromatic rings. The van der Waals surface area contributed by atoms with Crippen molar-refractivity contribution >= 4 is 0 Å². The highest BCUT2D eigenvalue weighted by Crippen LogP contribution is 2.30. The summed E-state index contributed by atoms with van der Waals surface area (Å²) in [7, 11) is 2.11. The second-order valence-corrected chi connectivity index (χ2v) is 9.32. The minimum atomic E-state index is 0.349. The summed E-state index contributed by atoms with van der Waals surface area (Å²) in [5.41, 5.74) is 10.2. The lowest BCUT2D eigenvalue weighted by atomic mass is 9.93. The molecule has 0 saturated heterocycles. The van der Waals surface area contributed by atoms with E-state index in [9.17, 15) is 0 Å². The summed E-state index contributed by atoms with van der Waals surface area (Å²) in [5, 5.41) is 0. The van der Waals surface area contributed by atoms with Crippen LogP contribution in [-0.4, -0.2) is 0 Å². The second kappa shape index (κ2) is 10.1. The molecule has 0 fully saturated rings. The predicted molar refractivity (Wildman–Crippen MR) is 144 cm³/mol. The average Bonchev–Trinajstić information content (AvgIpc) is 2.90. The summed E-state index contributed by atoms with van der Waals surface area (Å²) in [6.07, 6.45) is 4.32. The Labute approximate surface area is 208 Å². The van der Waals surface area contributed by atoms with Gasteiger partial charge in [-0.3, -0.25) is 0 Å². The van der Waals surface area contributed by atoms with Gasteiger partial charge in [-0.1, -0.05) is 67.6 Å². The van der Waals surface area contributed by atoms with Crippen LogP contribution in [0.4, 0.5) is 0 Å². The van der Waals surface area contributed by atoms with Gasteiger partial charge in [0.05, 0.1) is 0 Å². The van der Waals surface area contributed by atoms with Gasteiger partial charge in [-0.2, -0.15) is 4.57 Å². The number of aryl methyl sites for hydroxylation is 2. The molecule has 0 amide bonds. The van der Waals surface area contributed by atoms with Crippen LogP contribution < -0.4 is 9.13 Å². The first kappa shape index (κ1) is 22.7. The molecule has 3 aromatic carbocycles. The van der Waals surface area contributed by atoms with Gasteiger partial charge in [-0.05, 0) is 53.4 Å². The summed E-state index contributed by atoms with van der Waals surface area (Å²) in [6, 6.07) is 39.1. The zero-order valence-electron chi connectivity index (χ0n) is 20.7. The van der Waals surface area contributed by atoms with E-state index < -0.39 is 0 Å². The Morgan fingerprint density at radius 1 is 0.629 bits per heavy atom. The number of benzene rings is 3. The van der Waals surface area contributed by atoms with Crippen molar-refractivity contribution in [1.82, 2.24) is 0 Å². The molecule has 0 aliphatic rings. The number of aromatic nitrogens is 2. The molecule has 0 spiro atoms. The molecule has 35 heavy (non-hydrogen) atoms. The van der Waals surface area contributed by atoms with Crippen molar-refractivity contribution in [2.45, 2.75) is 26.3 Å². The molecular weight excluding hydrogens is 424 g/mol. The van der Waals surface area contributed by atoms with Crippen LogP contribution >= 0.6 is 0 Å². The highest BCUT2D eigenvalue weighted by atomic mass is 15.0. The molecule has 2 heterocycles. The van der Waals surface area contributed by atoms with Crippen molar-refractivity contribution in [3.63, 3.8) is 0 Å². The zero-order valence-corrected chi connectivity index (χ0v) is 20.7. The van der Waals surface area contributed by atoms with Gasteiger partial charge in [0.25, 0.3) is 0 Å². The standard InChI is InChI=1S/C33H32N2/c1-25-23-28(27-13-5-4-6-14-27)19-20-30(25)33-18-10-12-22-35(33)24-26(2)29-15-7-8-16-31(29)32-17-9-11-21-34(32)3/h4-23,26H,24H2,1-3H3/q+2. The van der Waals surface area contributed by atoms with Crippen molar-refractivity contribution < 1.29 is 9.13 Å². The van der Waals surface area contributed by atoms with Gasteiger partial charge in [-0.15, -0.1) is 0 Å².